The van der Waals surface area contributed by atoms with Gasteiger partial charge in [0, 0.05) is 13.1 Å². The van der Waals surface area contributed by atoms with Crippen LogP contribution in [-0.4, -0.2) is 35.3 Å². The van der Waals surface area contributed by atoms with Crippen LogP contribution in [0.5, 0.6) is 0 Å². The maximum absolute atomic E-state index is 11.4. The third kappa shape index (κ3) is 3.68. The summed E-state index contributed by atoms with van der Waals surface area (Å²) in [5.41, 5.74) is 1.43. The topological polar surface area (TPSA) is 49.8 Å². The molecule has 1 N–H and O–H groups in total. The van der Waals surface area contributed by atoms with Crippen LogP contribution < -0.4 is 0 Å². The van der Waals surface area contributed by atoms with Crippen molar-refractivity contribution in [3.8, 4) is 0 Å². The molecule has 1 aromatic carbocycles. The van der Waals surface area contributed by atoms with Crippen LogP contribution in [0.15, 0.2) is 24.3 Å². The molecule has 1 aromatic rings. The third-order valence-corrected chi connectivity index (χ3v) is 4.94. The molecular weight excluding hydrogens is 278 g/mol. The molecule has 1 heterocycles. The molecule has 4 nitrogen and oxygen atoms in total. The summed E-state index contributed by atoms with van der Waals surface area (Å²) in [6.07, 6.45) is 8.61. The van der Waals surface area contributed by atoms with Crippen molar-refractivity contribution in [1.82, 2.24) is 5.06 Å². The van der Waals surface area contributed by atoms with Gasteiger partial charge in [0.1, 0.15) is 0 Å². The summed E-state index contributed by atoms with van der Waals surface area (Å²) in [7, 11) is 0. The first-order chi connectivity index (χ1) is 10.7. The molecule has 0 amide bonds. The number of piperidine rings is 1. The summed E-state index contributed by atoms with van der Waals surface area (Å²) in [6.45, 7) is 1.80. The number of aromatic carboxylic acids is 1. The maximum Gasteiger partial charge on any atom is 0.335 e. The summed E-state index contributed by atoms with van der Waals surface area (Å²) in [5.74, 6) is -0.491. The van der Waals surface area contributed by atoms with Crippen molar-refractivity contribution in [1.29, 1.82) is 0 Å². The number of carboxylic acids is 1. The van der Waals surface area contributed by atoms with Gasteiger partial charge in [-0.3, -0.25) is 4.84 Å². The predicted molar refractivity (Wildman–Crippen MR) is 84.9 cm³/mol. The molecule has 1 aliphatic heterocycles. The summed E-state index contributed by atoms with van der Waals surface area (Å²) >= 11 is 0. The number of hydroxylamine groups is 2. The molecule has 1 aliphatic carbocycles. The van der Waals surface area contributed by atoms with Crippen LogP contribution in [0.25, 0.3) is 0 Å². The first kappa shape index (κ1) is 15.5. The van der Waals surface area contributed by atoms with Crippen LogP contribution in [0.2, 0.25) is 0 Å². The zero-order chi connectivity index (χ0) is 15.4. The van der Waals surface area contributed by atoms with Crippen LogP contribution in [-0.2, 0) is 4.84 Å². The lowest BCUT2D eigenvalue weighted by Gasteiger charge is -2.35. The van der Waals surface area contributed by atoms with Crippen molar-refractivity contribution in [2.24, 2.45) is 0 Å². The fourth-order valence-electron chi connectivity index (χ4n) is 3.70. The van der Waals surface area contributed by atoms with Crippen LogP contribution in [0.1, 0.15) is 66.8 Å². The lowest BCUT2D eigenvalue weighted by molar-refractivity contribution is -0.213. The maximum atomic E-state index is 11.4. The van der Waals surface area contributed by atoms with Crippen LogP contribution in [0.3, 0.4) is 0 Å². The van der Waals surface area contributed by atoms with E-state index in [9.17, 15) is 9.90 Å². The SMILES string of the molecule is O=C(O)c1ccccc1C1CCN(OC2CCCCC2)CC1. The minimum absolute atomic E-state index is 0.332. The molecule has 0 unspecified atom stereocenters. The average Bonchev–Trinajstić information content (AvgIpc) is 2.56. The number of hydrogen-bond donors (Lipinski definition) is 1. The van der Waals surface area contributed by atoms with E-state index in [1.807, 2.05) is 12.1 Å². The normalized spacial score (nSPS) is 21.8. The fraction of sp³-hybridized carbons (Fsp3) is 0.611. The van der Waals surface area contributed by atoms with E-state index in [1.54, 1.807) is 12.1 Å². The molecule has 1 saturated carbocycles. The standard InChI is InChI=1S/C18H25NO3/c20-18(21)17-9-5-4-8-16(17)14-10-12-19(13-11-14)22-15-6-2-1-3-7-15/h4-5,8-9,14-15H,1-3,6-7,10-13H2,(H,20,21). The van der Waals surface area contributed by atoms with Crippen molar-refractivity contribution in [3.05, 3.63) is 35.4 Å². The molecule has 0 atom stereocenters. The largest absolute Gasteiger partial charge is 0.478 e. The van der Waals surface area contributed by atoms with Gasteiger partial charge in [0.05, 0.1) is 11.7 Å². The molecule has 0 spiro atoms. The first-order valence-electron chi connectivity index (χ1n) is 8.48. The smallest absolute Gasteiger partial charge is 0.335 e. The minimum atomic E-state index is -0.823. The average molecular weight is 303 g/mol. The van der Waals surface area contributed by atoms with Gasteiger partial charge in [-0.1, -0.05) is 37.5 Å². The van der Waals surface area contributed by atoms with Crippen molar-refractivity contribution in [2.75, 3.05) is 13.1 Å². The number of rotatable bonds is 4. The molecule has 120 valence electrons. The van der Waals surface area contributed by atoms with E-state index >= 15 is 0 Å². The highest BCUT2D eigenvalue weighted by Gasteiger charge is 2.26. The molecule has 2 aliphatic rings. The Morgan fingerprint density at radius 3 is 2.41 bits per heavy atom. The highest BCUT2D eigenvalue weighted by Crippen LogP contribution is 2.31. The number of nitrogens with zero attached hydrogens (tertiary/aromatic N) is 1. The molecule has 4 heteroatoms. The van der Waals surface area contributed by atoms with Gasteiger partial charge in [-0.25, -0.2) is 4.79 Å². The van der Waals surface area contributed by atoms with Crippen molar-refractivity contribution in [3.63, 3.8) is 0 Å². The van der Waals surface area contributed by atoms with Gasteiger partial charge < -0.3 is 5.11 Å². The van der Waals surface area contributed by atoms with E-state index < -0.39 is 5.97 Å². The van der Waals surface area contributed by atoms with Gasteiger partial charge in [0.2, 0.25) is 0 Å². The number of carboxylic acid groups (broad SMARTS) is 1. The van der Waals surface area contributed by atoms with E-state index in [-0.39, 0.29) is 0 Å². The predicted octanol–water partition coefficient (Wildman–Crippen LogP) is 3.83. The number of hydrogen-bond acceptors (Lipinski definition) is 3. The molecule has 22 heavy (non-hydrogen) atoms. The Morgan fingerprint density at radius 2 is 1.73 bits per heavy atom. The quantitative estimate of drug-likeness (QED) is 0.918. The minimum Gasteiger partial charge on any atom is -0.478 e. The van der Waals surface area contributed by atoms with Crippen LogP contribution in [0, 0.1) is 0 Å². The molecule has 1 saturated heterocycles. The van der Waals surface area contributed by atoms with Gasteiger partial charge in [-0.15, -0.1) is 0 Å². The lowest BCUT2D eigenvalue weighted by Crippen LogP contribution is -2.37. The highest BCUT2D eigenvalue weighted by atomic mass is 16.7. The third-order valence-electron chi connectivity index (χ3n) is 4.94. The molecule has 0 radical (unpaired) electrons. The number of carbonyl (C=O) groups is 1. The van der Waals surface area contributed by atoms with Gasteiger partial charge in [0.25, 0.3) is 0 Å². The van der Waals surface area contributed by atoms with E-state index in [4.69, 9.17) is 4.84 Å². The molecular formula is C18H25NO3. The van der Waals surface area contributed by atoms with Crippen molar-refractivity contribution in [2.45, 2.75) is 57.0 Å². The Kier molecular flexibility index (Phi) is 5.11. The fourth-order valence-corrected chi connectivity index (χ4v) is 3.70. The van der Waals surface area contributed by atoms with Crippen LogP contribution in [0.4, 0.5) is 0 Å². The summed E-state index contributed by atoms with van der Waals surface area (Å²) in [5, 5.41) is 11.4. The molecule has 0 aromatic heterocycles. The lowest BCUT2D eigenvalue weighted by atomic mass is 9.87. The Labute approximate surface area is 132 Å². The van der Waals surface area contributed by atoms with Gasteiger partial charge in [-0.05, 0) is 43.2 Å². The highest BCUT2D eigenvalue weighted by molar-refractivity contribution is 5.89. The van der Waals surface area contributed by atoms with E-state index in [0.717, 1.165) is 31.5 Å². The van der Waals surface area contributed by atoms with Crippen molar-refractivity contribution >= 4 is 5.97 Å². The van der Waals surface area contributed by atoms with Gasteiger partial charge in [0.15, 0.2) is 0 Å². The monoisotopic (exact) mass is 303 g/mol. The van der Waals surface area contributed by atoms with Crippen molar-refractivity contribution < 1.29 is 14.7 Å². The second-order valence-electron chi connectivity index (χ2n) is 6.46. The summed E-state index contributed by atoms with van der Waals surface area (Å²) in [4.78, 5) is 17.5. The Bertz CT molecular complexity index is 503. The Morgan fingerprint density at radius 1 is 1.05 bits per heavy atom. The Balaban J connectivity index is 1.56. The van der Waals surface area contributed by atoms with E-state index in [2.05, 4.69) is 5.06 Å². The molecule has 2 fully saturated rings. The Hall–Kier alpha value is -1.39. The van der Waals surface area contributed by atoms with Gasteiger partial charge in [-0.2, -0.15) is 5.06 Å². The summed E-state index contributed by atoms with van der Waals surface area (Å²) < 4.78 is 0. The molecule has 0 bridgehead atoms. The second-order valence-corrected chi connectivity index (χ2v) is 6.46. The summed E-state index contributed by atoms with van der Waals surface area (Å²) in [6, 6.07) is 7.41. The first-order valence-corrected chi connectivity index (χ1v) is 8.48. The van der Waals surface area contributed by atoms with Crippen LogP contribution >= 0.6 is 0 Å². The zero-order valence-corrected chi connectivity index (χ0v) is 13.0. The number of benzene rings is 1. The van der Waals surface area contributed by atoms with E-state index in [1.165, 1.54) is 32.1 Å². The van der Waals surface area contributed by atoms with E-state index in [0.29, 0.717) is 17.6 Å². The zero-order valence-electron chi connectivity index (χ0n) is 13.0. The van der Waals surface area contributed by atoms with Gasteiger partial charge >= 0.3 is 5.97 Å². The second kappa shape index (κ2) is 7.25. The molecule has 3 rings (SSSR count).